The Morgan fingerprint density at radius 2 is 0.946 bits per heavy atom. The summed E-state index contributed by atoms with van der Waals surface area (Å²) < 4.78 is 58.9. The predicted molar refractivity (Wildman–Crippen MR) is 151 cm³/mol. The first-order valence-electron chi connectivity index (χ1n) is 13.0. The van der Waals surface area contributed by atoms with Gasteiger partial charge in [-0.1, -0.05) is 36.4 Å². The zero-order chi connectivity index (χ0) is 26.9. The summed E-state index contributed by atoms with van der Waals surface area (Å²) in [7, 11) is -6.75. The Labute approximate surface area is 237 Å². The Morgan fingerprint density at radius 3 is 1.16 bits per heavy atom. The number of alkyl halides is 3. The van der Waals surface area contributed by atoms with Gasteiger partial charge >= 0.3 is 5.51 Å². The minimum absolute atomic E-state index is 0. The first-order chi connectivity index (χ1) is 16.8. The van der Waals surface area contributed by atoms with Gasteiger partial charge in [-0.2, -0.15) is 13.2 Å². The van der Waals surface area contributed by atoms with Gasteiger partial charge in [0, 0.05) is 35.3 Å². The molecule has 2 aliphatic heterocycles. The second-order valence-electron chi connectivity index (χ2n) is 10.2. The Morgan fingerprint density at radius 1 is 0.703 bits per heavy atom. The van der Waals surface area contributed by atoms with Crippen LogP contribution in [0, 0.1) is 0 Å². The Kier molecular flexibility index (Phi) is 15.3. The molecule has 0 unspecified atom stereocenters. The van der Waals surface area contributed by atoms with Crippen molar-refractivity contribution in [2.24, 2.45) is 0 Å². The van der Waals surface area contributed by atoms with Crippen molar-refractivity contribution in [2.75, 3.05) is 0 Å². The maximum Gasteiger partial charge on any atom is 0.485 e. The van der Waals surface area contributed by atoms with E-state index in [4.69, 9.17) is 13.0 Å². The molecule has 1 aromatic carbocycles. The van der Waals surface area contributed by atoms with Crippen molar-refractivity contribution in [2.45, 2.75) is 107 Å². The number of benzene rings is 1. The molecule has 3 nitrogen and oxygen atoms in total. The number of rotatable bonds is 2. The van der Waals surface area contributed by atoms with Crippen LogP contribution in [0.4, 0.5) is 13.2 Å². The molecule has 2 fully saturated rings. The maximum absolute atomic E-state index is 10.7. The number of hydrogen-bond acceptors (Lipinski definition) is 3. The average molecular weight is 669 g/mol. The smallest absolute Gasteiger partial charge is 0.485 e. The van der Waals surface area contributed by atoms with Crippen molar-refractivity contribution in [3.63, 3.8) is 0 Å². The van der Waals surface area contributed by atoms with E-state index in [1.165, 1.54) is 51.4 Å². The molecule has 213 valence electrons. The zero-order valence-electron chi connectivity index (χ0n) is 22.2. The standard InChI is InChI=1S/C18H28P2.C8H12.CHF3O3S.Rh/c1-13-9-10-14(2)19(13)17-7-5-6-8-18(17)20-15(3)11-12-16(20)4;1-2-4-6-8-7-5-3-1;2-1(3,4)8(5,6)7;/h5-8,13-16H,9-12H2,1-4H3;1-2,7-8H,3-6H2;(H,5,6,7);/p+1/b;2-1-,8-7-;;/t13-,14-,15-,16-;;;/m1.../s1. The number of hydrogen-bond donors (Lipinski definition) is 0. The fraction of sp³-hybridized carbons (Fsp3) is 0.630. The van der Waals surface area contributed by atoms with Gasteiger partial charge in [-0.15, -0.1) is 0 Å². The molecule has 1 aromatic rings. The van der Waals surface area contributed by atoms with Crippen LogP contribution in [0.5, 0.6) is 0 Å². The fourth-order valence-corrected chi connectivity index (χ4v) is 13.7. The van der Waals surface area contributed by atoms with Crippen molar-refractivity contribution in [3.05, 3.63) is 48.6 Å². The summed E-state index contributed by atoms with van der Waals surface area (Å²) in [6.45, 7) is 10.1. The normalized spacial score (nSPS) is 28.4. The van der Waals surface area contributed by atoms with E-state index >= 15 is 0 Å². The van der Waals surface area contributed by atoms with Crippen molar-refractivity contribution < 1.29 is 45.6 Å². The molecule has 0 spiro atoms. The predicted octanol–water partition coefficient (Wildman–Crippen LogP) is 7.23. The molecule has 4 rings (SSSR count). The molecule has 0 aromatic heterocycles. The Bertz CT molecular complexity index is 896. The summed E-state index contributed by atoms with van der Waals surface area (Å²) >= 11 is 0. The molecule has 0 bridgehead atoms. The molecule has 1 radical (unpaired) electrons. The van der Waals surface area contributed by atoms with Gasteiger partial charge in [-0.3, -0.25) is 0 Å². The monoisotopic (exact) mass is 668 g/mol. The van der Waals surface area contributed by atoms with Gasteiger partial charge in [0.1, 0.15) is 10.6 Å². The molecular formula is C27H42F3O3P2RhS+. The molecule has 37 heavy (non-hydrogen) atoms. The van der Waals surface area contributed by atoms with Crippen molar-refractivity contribution >= 4 is 36.6 Å². The number of halogens is 3. The van der Waals surface area contributed by atoms with E-state index < -0.39 is 15.6 Å². The average Bonchev–Trinajstić information content (AvgIpc) is 3.27. The second kappa shape index (κ2) is 16.2. The van der Waals surface area contributed by atoms with Crippen LogP contribution in [-0.2, 0) is 29.6 Å². The van der Waals surface area contributed by atoms with E-state index in [0.29, 0.717) is 0 Å². The molecular weight excluding hydrogens is 626 g/mol. The van der Waals surface area contributed by atoms with E-state index in [-0.39, 0.29) is 35.3 Å². The summed E-state index contributed by atoms with van der Waals surface area (Å²) in [5.74, 6) is 0. The quantitative estimate of drug-likeness (QED) is 0.110. The van der Waals surface area contributed by atoms with Crippen molar-refractivity contribution in [1.29, 1.82) is 0 Å². The Hall–Kier alpha value is -0.117. The van der Waals surface area contributed by atoms with Crippen LogP contribution in [-0.4, -0.2) is 41.1 Å². The minimum Gasteiger partial charge on any atom is -0.741 e. The molecule has 0 N–H and O–H groups in total. The molecule has 2 heterocycles. The zero-order valence-corrected chi connectivity index (χ0v) is 26.6. The van der Waals surface area contributed by atoms with E-state index in [2.05, 4.69) is 76.3 Å². The van der Waals surface area contributed by atoms with Crippen molar-refractivity contribution in [1.82, 2.24) is 0 Å². The molecule has 2 saturated heterocycles. The van der Waals surface area contributed by atoms with Crippen LogP contribution in [0.1, 0.15) is 79.1 Å². The van der Waals surface area contributed by atoms with Crippen LogP contribution in [0.25, 0.3) is 0 Å². The van der Waals surface area contributed by atoms with Gasteiger partial charge in [0.05, 0.1) is 22.6 Å². The topological polar surface area (TPSA) is 57.2 Å². The molecule has 1 aliphatic carbocycles. The first kappa shape index (κ1) is 34.9. The Balaban J connectivity index is 0.000000335. The third kappa shape index (κ3) is 10.8. The van der Waals surface area contributed by atoms with E-state index in [9.17, 15) is 13.2 Å². The third-order valence-corrected chi connectivity index (χ3v) is 15.7. The summed E-state index contributed by atoms with van der Waals surface area (Å²) in [5, 5.41) is 3.67. The molecule has 10 heteroatoms. The minimum atomic E-state index is -6.09. The van der Waals surface area contributed by atoms with Crippen LogP contribution in [0.15, 0.2) is 48.6 Å². The third-order valence-electron chi connectivity index (χ3n) is 7.35. The van der Waals surface area contributed by atoms with Crippen molar-refractivity contribution in [3.8, 4) is 0 Å². The fourth-order valence-electron chi connectivity index (χ4n) is 5.50. The summed E-state index contributed by atoms with van der Waals surface area (Å²) in [6.07, 6.45) is 19.9. The van der Waals surface area contributed by atoms with Crippen LogP contribution in [0.2, 0.25) is 0 Å². The van der Waals surface area contributed by atoms with Gasteiger partial charge in [0.25, 0.3) is 0 Å². The SMILES string of the molecule is C1=C\CC/C=C\CC/1.C[C@@H]1CC[C@@H](C)[PH+]1c1ccccc1[PH+]1[C@H](C)CC[C@H]1C.O=S(=O)([O-])C(F)(F)F.[Rh]. The largest absolute Gasteiger partial charge is 0.741 e. The van der Waals surface area contributed by atoms with Gasteiger partial charge in [0.2, 0.25) is 0 Å². The van der Waals surface area contributed by atoms with E-state index in [0.717, 1.165) is 22.6 Å². The summed E-state index contributed by atoms with van der Waals surface area (Å²) in [5.41, 5.74) is -1.74. The van der Waals surface area contributed by atoms with Crippen LogP contribution >= 0.6 is 15.8 Å². The van der Waals surface area contributed by atoms with Gasteiger partial charge in [-0.25, -0.2) is 8.42 Å². The van der Waals surface area contributed by atoms with Crippen LogP contribution < -0.4 is 10.6 Å². The van der Waals surface area contributed by atoms with Gasteiger partial charge in [0.15, 0.2) is 10.1 Å². The molecule has 0 saturated carbocycles. The molecule has 4 atom stereocenters. The second-order valence-corrected chi connectivity index (χ2v) is 18.4. The van der Waals surface area contributed by atoms with Gasteiger partial charge in [-0.05, 0) is 91.2 Å². The van der Waals surface area contributed by atoms with E-state index in [1.54, 1.807) is 0 Å². The number of allylic oxidation sites excluding steroid dienone is 4. The first-order valence-corrected chi connectivity index (χ1v) is 17.7. The summed E-state index contributed by atoms with van der Waals surface area (Å²) in [6, 6.07) is 9.64. The van der Waals surface area contributed by atoms with Gasteiger partial charge < -0.3 is 4.55 Å². The van der Waals surface area contributed by atoms with E-state index in [1.807, 2.05) is 10.6 Å². The molecule has 3 aliphatic rings. The summed E-state index contributed by atoms with van der Waals surface area (Å²) in [4.78, 5) is 0. The van der Waals surface area contributed by atoms with Crippen LogP contribution in [0.3, 0.4) is 0 Å². The molecule has 0 amide bonds. The maximum atomic E-state index is 10.7.